The first-order chi connectivity index (χ1) is 6.92. The Hall–Kier alpha value is -0.780. The lowest BCUT2D eigenvalue weighted by atomic mass is 9.98. The molecule has 0 amide bonds. The van der Waals surface area contributed by atoms with Crippen LogP contribution in [0.4, 0.5) is 13.2 Å². The van der Waals surface area contributed by atoms with E-state index in [9.17, 15) is 18.0 Å². The zero-order valence-electron chi connectivity index (χ0n) is 9.89. The smallest absolute Gasteiger partial charge is 0.389 e. The first kappa shape index (κ1) is 15.2. The van der Waals surface area contributed by atoms with Gasteiger partial charge < -0.3 is 10.5 Å². The van der Waals surface area contributed by atoms with Crippen LogP contribution in [-0.2, 0) is 9.53 Å². The molecule has 0 aliphatic carbocycles. The van der Waals surface area contributed by atoms with E-state index in [4.69, 9.17) is 10.5 Å². The Morgan fingerprint density at radius 2 is 1.75 bits per heavy atom. The molecule has 0 bridgehead atoms. The molecule has 0 aromatic heterocycles. The van der Waals surface area contributed by atoms with Crippen molar-refractivity contribution in [1.82, 2.24) is 0 Å². The maximum Gasteiger partial charge on any atom is 0.389 e. The fourth-order valence-electron chi connectivity index (χ4n) is 1.09. The fourth-order valence-corrected chi connectivity index (χ4v) is 1.09. The SMILES string of the molecule is CC(CC(F)(F)F)C(N)C(=O)OC(C)(C)C. The Morgan fingerprint density at radius 1 is 1.31 bits per heavy atom. The summed E-state index contributed by atoms with van der Waals surface area (Å²) >= 11 is 0. The lowest BCUT2D eigenvalue weighted by molar-refractivity contribution is -0.163. The summed E-state index contributed by atoms with van der Waals surface area (Å²) in [6, 6.07) is -1.25. The third-order valence-corrected chi connectivity index (χ3v) is 1.85. The van der Waals surface area contributed by atoms with E-state index in [1.807, 2.05) is 0 Å². The van der Waals surface area contributed by atoms with Gasteiger partial charge in [-0.3, -0.25) is 4.79 Å². The standard InChI is InChI=1S/C10H18F3NO2/c1-6(5-10(11,12)13)7(14)8(15)16-9(2,3)4/h6-7H,5,14H2,1-4H3. The maximum atomic E-state index is 12.1. The van der Waals surface area contributed by atoms with Crippen molar-refractivity contribution >= 4 is 5.97 Å². The highest BCUT2D eigenvalue weighted by Crippen LogP contribution is 2.26. The van der Waals surface area contributed by atoms with Gasteiger partial charge in [-0.15, -0.1) is 0 Å². The molecule has 0 spiro atoms. The van der Waals surface area contributed by atoms with Gasteiger partial charge in [0.05, 0.1) is 0 Å². The van der Waals surface area contributed by atoms with Crippen LogP contribution in [0.2, 0.25) is 0 Å². The molecule has 0 fully saturated rings. The minimum absolute atomic E-state index is 0.743. The van der Waals surface area contributed by atoms with E-state index in [1.54, 1.807) is 20.8 Å². The van der Waals surface area contributed by atoms with Crippen LogP contribution in [0.5, 0.6) is 0 Å². The molecule has 2 atom stereocenters. The monoisotopic (exact) mass is 241 g/mol. The number of hydrogen-bond donors (Lipinski definition) is 1. The highest BCUT2D eigenvalue weighted by atomic mass is 19.4. The number of halogens is 3. The van der Waals surface area contributed by atoms with Crippen molar-refractivity contribution in [3.8, 4) is 0 Å². The number of alkyl halides is 3. The van der Waals surface area contributed by atoms with Crippen molar-refractivity contribution in [2.24, 2.45) is 11.7 Å². The van der Waals surface area contributed by atoms with Gasteiger partial charge in [-0.25, -0.2) is 0 Å². The normalized spacial score (nSPS) is 16.8. The minimum atomic E-state index is -4.32. The summed E-state index contributed by atoms with van der Waals surface area (Å²) in [6.45, 7) is 6.17. The molecule has 0 aromatic rings. The summed E-state index contributed by atoms with van der Waals surface area (Å²) in [4.78, 5) is 11.4. The topological polar surface area (TPSA) is 52.3 Å². The van der Waals surface area contributed by atoms with E-state index in [0.29, 0.717) is 0 Å². The van der Waals surface area contributed by atoms with Gasteiger partial charge in [-0.05, 0) is 26.7 Å². The molecule has 2 unspecified atom stereocenters. The third-order valence-electron chi connectivity index (χ3n) is 1.85. The average Bonchev–Trinajstić information content (AvgIpc) is 1.96. The number of nitrogens with two attached hydrogens (primary N) is 1. The number of esters is 1. The van der Waals surface area contributed by atoms with E-state index in [-0.39, 0.29) is 0 Å². The second kappa shape index (κ2) is 5.03. The molecule has 0 aliphatic rings. The van der Waals surface area contributed by atoms with Crippen LogP contribution in [0, 0.1) is 5.92 Å². The van der Waals surface area contributed by atoms with Gasteiger partial charge in [0.25, 0.3) is 0 Å². The number of rotatable bonds is 3. The molecule has 0 rings (SSSR count). The van der Waals surface area contributed by atoms with Crippen LogP contribution in [0.1, 0.15) is 34.1 Å². The largest absolute Gasteiger partial charge is 0.459 e. The van der Waals surface area contributed by atoms with Crippen LogP contribution >= 0.6 is 0 Å². The van der Waals surface area contributed by atoms with Gasteiger partial charge in [-0.1, -0.05) is 6.92 Å². The molecule has 0 heterocycles. The number of ether oxygens (including phenoxy) is 1. The lowest BCUT2D eigenvalue weighted by Crippen LogP contribution is -2.42. The van der Waals surface area contributed by atoms with Gasteiger partial charge in [0.1, 0.15) is 11.6 Å². The van der Waals surface area contributed by atoms with Crippen LogP contribution in [0.25, 0.3) is 0 Å². The summed E-state index contributed by atoms with van der Waals surface area (Å²) in [5.41, 5.74) is 4.66. The molecule has 0 radical (unpaired) electrons. The third kappa shape index (κ3) is 6.66. The van der Waals surface area contributed by atoms with E-state index in [1.165, 1.54) is 6.92 Å². The average molecular weight is 241 g/mol. The van der Waals surface area contributed by atoms with Gasteiger partial charge in [0.15, 0.2) is 0 Å². The van der Waals surface area contributed by atoms with Gasteiger partial charge in [0.2, 0.25) is 0 Å². The van der Waals surface area contributed by atoms with Crippen LogP contribution in [0.3, 0.4) is 0 Å². The zero-order valence-corrected chi connectivity index (χ0v) is 9.89. The van der Waals surface area contributed by atoms with E-state index in [2.05, 4.69) is 0 Å². The van der Waals surface area contributed by atoms with Gasteiger partial charge >= 0.3 is 12.1 Å². The van der Waals surface area contributed by atoms with Crippen LogP contribution in [-0.4, -0.2) is 23.8 Å². The predicted octanol–water partition coefficient (Wildman–Crippen LogP) is 2.24. The molecule has 0 aliphatic heterocycles. The summed E-state index contributed by atoms with van der Waals surface area (Å²) in [7, 11) is 0. The van der Waals surface area contributed by atoms with E-state index >= 15 is 0 Å². The number of carbonyl (C=O) groups excluding carboxylic acids is 1. The highest BCUT2D eigenvalue weighted by Gasteiger charge is 2.35. The van der Waals surface area contributed by atoms with Gasteiger partial charge in [-0.2, -0.15) is 13.2 Å². The molecular weight excluding hydrogens is 223 g/mol. The molecule has 0 aromatic carbocycles. The molecule has 0 saturated carbocycles. The quantitative estimate of drug-likeness (QED) is 0.771. The summed E-state index contributed by atoms with van der Waals surface area (Å²) in [5, 5.41) is 0. The first-order valence-electron chi connectivity index (χ1n) is 4.97. The van der Waals surface area contributed by atoms with Crippen molar-refractivity contribution in [2.45, 2.75) is 51.9 Å². The van der Waals surface area contributed by atoms with Crippen molar-refractivity contribution in [3.63, 3.8) is 0 Å². The first-order valence-corrected chi connectivity index (χ1v) is 4.97. The summed E-state index contributed by atoms with van der Waals surface area (Å²) in [5.74, 6) is -1.79. The van der Waals surface area contributed by atoms with Crippen LogP contribution in [0.15, 0.2) is 0 Å². The molecule has 2 N–H and O–H groups in total. The summed E-state index contributed by atoms with van der Waals surface area (Å²) in [6.07, 6.45) is -5.41. The van der Waals surface area contributed by atoms with Crippen molar-refractivity contribution < 1.29 is 22.7 Å². The minimum Gasteiger partial charge on any atom is -0.459 e. The van der Waals surface area contributed by atoms with Gasteiger partial charge in [0, 0.05) is 6.42 Å². The highest BCUT2D eigenvalue weighted by molar-refractivity contribution is 5.76. The summed E-state index contributed by atoms with van der Waals surface area (Å²) < 4.78 is 41.1. The van der Waals surface area contributed by atoms with Crippen molar-refractivity contribution in [3.05, 3.63) is 0 Å². The number of carbonyl (C=O) groups is 1. The second-order valence-corrected chi connectivity index (χ2v) is 4.86. The Kier molecular flexibility index (Phi) is 4.79. The molecule has 6 heteroatoms. The van der Waals surface area contributed by atoms with Crippen molar-refractivity contribution in [2.75, 3.05) is 0 Å². The fraction of sp³-hybridized carbons (Fsp3) is 0.900. The zero-order chi connectivity index (χ0) is 13.1. The Bertz CT molecular complexity index is 245. The molecule has 96 valence electrons. The molecule has 0 saturated heterocycles. The Balaban J connectivity index is 4.34. The molecule has 16 heavy (non-hydrogen) atoms. The van der Waals surface area contributed by atoms with Crippen molar-refractivity contribution in [1.29, 1.82) is 0 Å². The maximum absolute atomic E-state index is 12.1. The second-order valence-electron chi connectivity index (χ2n) is 4.86. The molecular formula is C10H18F3NO2. The lowest BCUT2D eigenvalue weighted by Gasteiger charge is -2.25. The predicted molar refractivity (Wildman–Crippen MR) is 53.7 cm³/mol. The number of hydrogen-bond acceptors (Lipinski definition) is 3. The van der Waals surface area contributed by atoms with E-state index in [0.717, 1.165) is 0 Å². The van der Waals surface area contributed by atoms with Crippen LogP contribution < -0.4 is 5.73 Å². The Morgan fingerprint density at radius 3 is 2.06 bits per heavy atom. The Labute approximate surface area is 93.1 Å². The van der Waals surface area contributed by atoms with E-state index < -0.39 is 36.1 Å². The molecule has 3 nitrogen and oxygen atoms in total.